The van der Waals surface area contributed by atoms with E-state index < -0.39 is 23.5 Å². The van der Waals surface area contributed by atoms with Crippen LogP contribution in [0, 0.1) is 5.92 Å². The highest BCUT2D eigenvalue weighted by atomic mass is 16.6. The maximum atomic E-state index is 12.5. The smallest absolute Gasteiger partial charge is 0.408 e. The lowest BCUT2D eigenvalue weighted by molar-refractivity contribution is -0.148. The minimum absolute atomic E-state index is 0.0288. The van der Waals surface area contributed by atoms with E-state index >= 15 is 0 Å². The first-order valence-corrected chi connectivity index (χ1v) is 10.3. The molecule has 2 aromatic carbocycles. The van der Waals surface area contributed by atoms with Gasteiger partial charge in [-0.2, -0.15) is 0 Å². The lowest BCUT2D eigenvalue weighted by atomic mass is 9.90. The molecular formula is C24H30N2O5. The summed E-state index contributed by atoms with van der Waals surface area (Å²) in [5.41, 5.74) is 5.60. The Kier molecular flexibility index (Phi) is 9.06. The molecule has 0 aliphatic carbocycles. The number of carbonyl (C=O) groups is 3. The zero-order chi connectivity index (χ0) is 22.7. The summed E-state index contributed by atoms with van der Waals surface area (Å²) in [4.78, 5) is 37.1. The Morgan fingerprint density at radius 2 is 1.52 bits per heavy atom. The lowest BCUT2D eigenvalue weighted by Crippen LogP contribution is -2.62. The minimum Gasteiger partial charge on any atom is -0.463 e. The highest BCUT2D eigenvalue weighted by molar-refractivity contribution is 5.89. The molecule has 0 saturated carbocycles. The van der Waals surface area contributed by atoms with Crippen molar-refractivity contribution in [1.29, 1.82) is 0 Å². The minimum atomic E-state index is -1.64. The number of nitrogens with one attached hydrogen (secondary N) is 1. The van der Waals surface area contributed by atoms with Crippen LogP contribution in [0.15, 0.2) is 60.7 Å². The molecule has 7 heteroatoms. The van der Waals surface area contributed by atoms with E-state index in [0.717, 1.165) is 11.1 Å². The number of benzene rings is 2. The zero-order valence-corrected chi connectivity index (χ0v) is 18.0. The second kappa shape index (κ2) is 11.7. The van der Waals surface area contributed by atoms with Gasteiger partial charge in [-0.05, 0) is 23.5 Å². The first-order chi connectivity index (χ1) is 14.8. The largest absolute Gasteiger partial charge is 0.463 e. The van der Waals surface area contributed by atoms with Gasteiger partial charge in [0.05, 0.1) is 0 Å². The lowest BCUT2D eigenvalue weighted by Gasteiger charge is -2.31. The van der Waals surface area contributed by atoms with Crippen LogP contribution in [-0.2, 0) is 32.1 Å². The summed E-state index contributed by atoms with van der Waals surface area (Å²) in [5, 5.41) is 2.56. The van der Waals surface area contributed by atoms with Crippen LogP contribution in [0.3, 0.4) is 0 Å². The van der Waals surface area contributed by atoms with Gasteiger partial charge in [-0.1, -0.05) is 74.5 Å². The van der Waals surface area contributed by atoms with Crippen molar-refractivity contribution in [3.63, 3.8) is 0 Å². The summed E-state index contributed by atoms with van der Waals surface area (Å²) in [6, 6.07) is 18.2. The molecule has 0 radical (unpaired) electrons. The molecule has 31 heavy (non-hydrogen) atoms. The topological polar surface area (TPSA) is 108 Å². The third kappa shape index (κ3) is 8.12. The normalized spacial score (nSPS) is 12.6. The van der Waals surface area contributed by atoms with E-state index in [4.69, 9.17) is 15.2 Å². The SMILES string of the molecule is CC(C)CCC(=O)OCC(Cc1ccccc1)(NC(=O)OCc1ccccc1)C(N)=O. The van der Waals surface area contributed by atoms with Crippen LogP contribution in [0.4, 0.5) is 4.79 Å². The second-order valence-electron chi connectivity index (χ2n) is 7.89. The Hall–Kier alpha value is -3.35. The summed E-state index contributed by atoms with van der Waals surface area (Å²) in [5.74, 6) is -0.930. The number of hydrogen-bond donors (Lipinski definition) is 2. The van der Waals surface area contributed by atoms with Crippen LogP contribution in [0.5, 0.6) is 0 Å². The van der Waals surface area contributed by atoms with Crippen molar-refractivity contribution in [3.8, 4) is 0 Å². The molecule has 2 rings (SSSR count). The fourth-order valence-electron chi connectivity index (χ4n) is 2.93. The van der Waals surface area contributed by atoms with Gasteiger partial charge in [-0.15, -0.1) is 0 Å². The van der Waals surface area contributed by atoms with Gasteiger partial charge in [0, 0.05) is 12.8 Å². The molecule has 0 aromatic heterocycles. The van der Waals surface area contributed by atoms with Gasteiger partial charge in [-0.25, -0.2) is 4.79 Å². The molecule has 0 bridgehead atoms. The Morgan fingerprint density at radius 3 is 2.06 bits per heavy atom. The summed E-state index contributed by atoms with van der Waals surface area (Å²) in [7, 11) is 0. The Bertz CT molecular complexity index is 855. The third-order valence-corrected chi connectivity index (χ3v) is 4.78. The van der Waals surface area contributed by atoms with Gasteiger partial charge in [0.15, 0.2) is 5.54 Å². The molecule has 0 heterocycles. The molecule has 0 fully saturated rings. The first kappa shape index (κ1) is 23.9. The molecule has 0 saturated heterocycles. The molecule has 2 aromatic rings. The monoisotopic (exact) mass is 426 g/mol. The Labute approximate surface area is 182 Å². The third-order valence-electron chi connectivity index (χ3n) is 4.78. The number of alkyl carbamates (subject to hydrolysis) is 1. The number of rotatable bonds is 11. The zero-order valence-electron chi connectivity index (χ0n) is 18.0. The van der Waals surface area contributed by atoms with Gasteiger partial charge >= 0.3 is 12.1 Å². The predicted molar refractivity (Wildman–Crippen MR) is 117 cm³/mol. The molecule has 2 amide bonds. The van der Waals surface area contributed by atoms with Gasteiger partial charge in [0.25, 0.3) is 0 Å². The highest BCUT2D eigenvalue weighted by Crippen LogP contribution is 2.17. The van der Waals surface area contributed by atoms with E-state index in [1.54, 1.807) is 12.1 Å². The van der Waals surface area contributed by atoms with Gasteiger partial charge in [0.2, 0.25) is 5.91 Å². The van der Waals surface area contributed by atoms with Crippen LogP contribution < -0.4 is 11.1 Å². The van der Waals surface area contributed by atoms with E-state index in [1.807, 2.05) is 62.4 Å². The van der Waals surface area contributed by atoms with Crippen LogP contribution in [0.1, 0.15) is 37.8 Å². The molecule has 3 N–H and O–H groups in total. The quantitative estimate of drug-likeness (QED) is 0.536. The maximum absolute atomic E-state index is 12.5. The van der Waals surface area contributed by atoms with Crippen molar-refractivity contribution in [2.45, 2.75) is 45.3 Å². The van der Waals surface area contributed by atoms with Crippen molar-refractivity contribution in [3.05, 3.63) is 71.8 Å². The first-order valence-electron chi connectivity index (χ1n) is 10.3. The molecule has 0 aliphatic heterocycles. The number of ether oxygens (including phenoxy) is 2. The predicted octanol–water partition coefficient (Wildman–Crippen LogP) is 3.36. The second-order valence-corrected chi connectivity index (χ2v) is 7.89. The van der Waals surface area contributed by atoms with Gasteiger partial charge < -0.3 is 20.5 Å². The maximum Gasteiger partial charge on any atom is 0.408 e. The molecule has 0 spiro atoms. The van der Waals surface area contributed by atoms with Crippen molar-refractivity contribution in [2.24, 2.45) is 11.7 Å². The summed E-state index contributed by atoms with van der Waals surface area (Å²) >= 11 is 0. The number of hydrogen-bond acceptors (Lipinski definition) is 5. The number of nitrogens with two attached hydrogens (primary N) is 1. The number of esters is 1. The van der Waals surface area contributed by atoms with Crippen LogP contribution in [-0.4, -0.2) is 30.1 Å². The molecule has 1 unspecified atom stereocenters. The van der Waals surface area contributed by atoms with Crippen LogP contribution >= 0.6 is 0 Å². The molecule has 7 nitrogen and oxygen atoms in total. The van der Waals surface area contributed by atoms with E-state index in [-0.39, 0.29) is 26.1 Å². The summed E-state index contributed by atoms with van der Waals surface area (Å²) in [6.07, 6.45) is 0.113. The Morgan fingerprint density at radius 1 is 0.935 bits per heavy atom. The van der Waals surface area contributed by atoms with E-state index in [9.17, 15) is 14.4 Å². The van der Waals surface area contributed by atoms with Crippen LogP contribution in [0.25, 0.3) is 0 Å². The molecule has 166 valence electrons. The van der Waals surface area contributed by atoms with Crippen molar-refractivity contribution in [1.82, 2.24) is 5.32 Å². The number of amides is 2. The fourth-order valence-corrected chi connectivity index (χ4v) is 2.93. The van der Waals surface area contributed by atoms with E-state index in [0.29, 0.717) is 12.3 Å². The van der Waals surface area contributed by atoms with Crippen LogP contribution in [0.2, 0.25) is 0 Å². The van der Waals surface area contributed by atoms with E-state index in [2.05, 4.69) is 5.32 Å². The van der Waals surface area contributed by atoms with Gasteiger partial charge in [-0.3, -0.25) is 9.59 Å². The average molecular weight is 427 g/mol. The summed E-state index contributed by atoms with van der Waals surface area (Å²) < 4.78 is 10.6. The number of carbonyl (C=O) groups excluding carboxylic acids is 3. The van der Waals surface area contributed by atoms with Gasteiger partial charge in [0.1, 0.15) is 13.2 Å². The standard InChI is InChI=1S/C24H30N2O5/c1-18(2)13-14-21(27)31-17-24(22(25)28,15-19-9-5-3-6-10-19)26-23(29)30-16-20-11-7-4-8-12-20/h3-12,18H,13-17H2,1-2H3,(H2,25,28)(H,26,29). The van der Waals surface area contributed by atoms with Crippen molar-refractivity contribution in [2.75, 3.05) is 6.61 Å². The molecule has 0 aliphatic rings. The number of primary amides is 1. The molecular weight excluding hydrogens is 396 g/mol. The molecule has 1 atom stereocenters. The van der Waals surface area contributed by atoms with E-state index in [1.165, 1.54) is 0 Å². The fraction of sp³-hybridized carbons (Fsp3) is 0.375. The Balaban J connectivity index is 2.13. The van der Waals surface area contributed by atoms with Crippen molar-refractivity contribution < 1.29 is 23.9 Å². The average Bonchev–Trinajstić information content (AvgIpc) is 2.76. The highest BCUT2D eigenvalue weighted by Gasteiger charge is 2.41. The summed E-state index contributed by atoms with van der Waals surface area (Å²) in [6.45, 7) is 3.65. The van der Waals surface area contributed by atoms with Crippen molar-refractivity contribution >= 4 is 18.0 Å².